The van der Waals surface area contributed by atoms with Gasteiger partial charge in [0.1, 0.15) is 0 Å². The lowest BCUT2D eigenvalue weighted by Gasteiger charge is -2.33. The quantitative estimate of drug-likeness (QED) is 0.697. The van der Waals surface area contributed by atoms with Crippen LogP contribution in [0.15, 0.2) is 53.7 Å². The molecule has 0 atom stereocenters. The number of rotatable bonds is 6. The number of hydrogen-bond acceptors (Lipinski definition) is 6. The van der Waals surface area contributed by atoms with Crippen molar-refractivity contribution in [2.75, 3.05) is 38.1 Å². The van der Waals surface area contributed by atoms with Crippen molar-refractivity contribution in [2.45, 2.75) is 18.4 Å². The molecule has 31 heavy (non-hydrogen) atoms. The number of urea groups is 1. The minimum atomic E-state index is -3.70. The second kappa shape index (κ2) is 10.2. The number of benzene rings is 1. The second-order valence-electron chi connectivity index (χ2n) is 6.78. The molecule has 2 N–H and O–H groups in total. The number of pyridine rings is 1. The molecule has 1 aromatic carbocycles. The molecule has 0 saturated carbocycles. The molecule has 2 heterocycles. The van der Waals surface area contributed by atoms with Crippen LogP contribution in [0.1, 0.15) is 12.5 Å². The van der Waals surface area contributed by atoms with Crippen LogP contribution >= 0.6 is 0 Å². The molecule has 1 aliphatic rings. The smallest absolute Gasteiger partial charge is 0.409 e. The van der Waals surface area contributed by atoms with Gasteiger partial charge >= 0.3 is 12.1 Å². The van der Waals surface area contributed by atoms with Crippen LogP contribution < -0.4 is 10.6 Å². The molecule has 2 aromatic rings. The van der Waals surface area contributed by atoms with Crippen LogP contribution in [0.5, 0.6) is 0 Å². The number of ether oxygens (including phenoxy) is 1. The Kier molecular flexibility index (Phi) is 7.42. The molecule has 1 fully saturated rings. The summed E-state index contributed by atoms with van der Waals surface area (Å²) < 4.78 is 32.0. The lowest BCUT2D eigenvalue weighted by Crippen LogP contribution is -2.50. The fraction of sp³-hybridized carbons (Fsp3) is 0.350. The molecule has 1 aromatic heterocycles. The first-order valence-electron chi connectivity index (χ1n) is 9.86. The van der Waals surface area contributed by atoms with Crippen LogP contribution in [0, 0.1) is 0 Å². The third-order valence-electron chi connectivity index (χ3n) is 4.69. The third kappa shape index (κ3) is 5.92. The van der Waals surface area contributed by atoms with Crippen LogP contribution in [0.4, 0.5) is 15.3 Å². The number of anilines is 1. The van der Waals surface area contributed by atoms with E-state index >= 15 is 0 Å². The van der Waals surface area contributed by atoms with E-state index in [1.54, 1.807) is 25.4 Å². The van der Waals surface area contributed by atoms with Crippen molar-refractivity contribution in [3.8, 4) is 0 Å². The second-order valence-corrected chi connectivity index (χ2v) is 8.72. The van der Waals surface area contributed by atoms with E-state index in [9.17, 15) is 18.0 Å². The molecule has 1 aliphatic heterocycles. The standard InChI is InChI=1S/C20H25N5O5S/c1-2-30-20(27)24-10-12-25(13-11-24)31(28,29)18-7-5-17(6-8-18)23-19(26)22-15-16-4-3-9-21-14-16/h3-9,14H,2,10-13,15H2,1H3,(H2,22,23,26). The zero-order valence-electron chi connectivity index (χ0n) is 17.2. The Morgan fingerprint density at radius 1 is 1.10 bits per heavy atom. The van der Waals surface area contributed by atoms with Crippen molar-refractivity contribution in [1.82, 2.24) is 19.5 Å². The largest absolute Gasteiger partial charge is 0.450 e. The summed E-state index contributed by atoms with van der Waals surface area (Å²) in [5.41, 5.74) is 1.33. The van der Waals surface area contributed by atoms with Crippen molar-refractivity contribution in [1.29, 1.82) is 0 Å². The molecule has 11 heteroatoms. The topological polar surface area (TPSA) is 121 Å². The molecule has 3 rings (SSSR count). The van der Waals surface area contributed by atoms with E-state index in [1.807, 2.05) is 6.07 Å². The van der Waals surface area contributed by atoms with Gasteiger partial charge in [0.25, 0.3) is 0 Å². The van der Waals surface area contributed by atoms with Gasteiger partial charge in [0.15, 0.2) is 0 Å². The summed E-state index contributed by atoms with van der Waals surface area (Å²) in [5, 5.41) is 5.37. The van der Waals surface area contributed by atoms with E-state index in [1.165, 1.54) is 33.5 Å². The van der Waals surface area contributed by atoms with Gasteiger partial charge in [0.2, 0.25) is 10.0 Å². The zero-order chi connectivity index (χ0) is 22.3. The summed E-state index contributed by atoms with van der Waals surface area (Å²) in [7, 11) is -3.70. The van der Waals surface area contributed by atoms with Gasteiger partial charge in [0, 0.05) is 50.8 Å². The fourth-order valence-electron chi connectivity index (χ4n) is 3.05. The highest BCUT2D eigenvalue weighted by Gasteiger charge is 2.30. The molecule has 0 bridgehead atoms. The summed E-state index contributed by atoms with van der Waals surface area (Å²) in [6.07, 6.45) is 2.88. The Balaban J connectivity index is 1.54. The summed E-state index contributed by atoms with van der Waals surface area (Å²) in [4.78, 5) is 29.4. The number of amides is 3. The monoisotopic (exact) mass is 447 g/mol. The predicted octanol–water partition coefficient (Wildman–Crippen LogP) is 1.87. The maximum Gasteiger partial charge on any atom is 0.409 e. The summed E-state index contributed by atoms with van der Waals surface area (Å²) in [6.45, 7) is 3.25. The first-order chi connectivity index (χ1) is 14.9. The van der Waals surface area contributed by atoms with E-state index in [4.69, 9.17) is 4.74 Å². The highest BCUT2D eigenvalue weighted by atomic mass is 32.2. The average molecular weight is 448 g/mol. The third-order valence-corrected chi connectivity index (χ3v) is 6.60. The number of nitrogens with zero attached hydrogens (tertiary/aromatic N) is 3. The predicted molar refractivity (Wildman–Crippen MR) is 114 cm³/mol. The Labute approximate surface area is 181 Å². The van der Waals surface area contributed by atoms with Crippen LogP contribution in [-0.4, -0.2) is 67.5 Å². The minimum absolute atomic E-state index is 0.124. The van der Waals surface area contributed by atoms with E-state index in [-0.39, 0.29) is 37.7 Å². The Morgan fingerprint density at radius 2 is 1.81 bits per heavy atom. The summed E-state index contributed by atoms with van der Waals surface area (Å²) in [6, 6.07) is 9.18. The van der Waals surface area contributed by atoms with Crippen molar-refractivity contribution in [3.05, 3.63) is 54.4 Å². The number of sulfonamides is 1. The maximum absolute atomic E-state index is 12.9. The summed E-state index contributed by atoms with van der Waals surface area (Å²) >= 11 is 0. The van der Waals surface area contributed by atoms with Crippen LogP contribution in [0.2, 0.25) is 0 Å². The molecule has 0 aliphatic carbocycles. The molecular weight excluding hydrogens is 422 g/mol. The van der Waals surface area contributed by atoms with Crippen molar-refractivity contribution < 1.29 is 22.7 Å². The molecule has 1 saturated heterocycles. The Bertz CT molecular complexity index is 990. The fourth-order valence-corrected chi connectivity index (χ4v) is 4.47. The van der Waals surface area contributed by atoms with Crippen LogP contribution in [0.3, 0.4) is 0 Å². The van der Waals surface area contributed by atoms with E-state index < -0.39 is 22.1 Å². The number of carbonyl (C=O) groups is 2. The lowest BCUT2D eigenvalue weighted by molar-refractivity contribution is 0.0934. The summed E-state index contributed by atoms with van der Waals surface area (Å²) in [5.74, 6) is 0. The number of piperazine rings is 1. The first kappa shape index (κ1) is 22.5. The molecule has 3 amide bonds. The van der Waals surface area contributed by atoms with Crippen molar-refractivity contribution in [2.24, 2.45) is 0 Å². The first-order valence-corrected chi connectivity index (χ1v) is 11.3. The van der Waals surface area contributed by atoms with Gasteiger partial charge in [-0.15, -0.1) is 0 Å². The molecule has 0 unspecified atom stereocenters. The van der Waals surface area contributed by atoms with Gasteiger partial charge in [0.05, 0.1) is 11.5 Å². The number of aromatic nitrogens is 1. The van der Waals surface area contributed by atoms with Gasteiger partial charge in [-0.2, -0.15) is 4.31 Å². The Morgan fingerprint density at radius 3 is 2.42 bits per heavy atom. The van der Waals surface area contributed by atoms with Gasteiger partial charge in [-0.05, 0) is 42.8 Å². The van der Waals surface area contributed by atoms with Gasteiger partial charge in [-0.3, -0.25) is 4.98 Å². The van der Waals surface area contributed by atoms with Crippen LogP contribution in [-0.2, 0) is 21.3 Å². The number of nitrogens with one attached hydrogen (secondary N) is 2. The lowest BCUT2D eigenvalue weighted by atomic mass is 10.3. The Hall–Kier alpha value is -3.18. The number of carbonyl (C=O) groups excluding carboxylic acids is 2. The van der Waals surface area contributed by atoms with E-state index in [2.05, 4.69) is 15.6 Å². The molecule has 0 spiro atoms. The van der Waals surface area contributed by atoms with Gasteiger partial charge in [-0.25, -0.2) is 18.0 Å². The minimum Gasteiger partial charge on any atom is -0.450 e. The van der Waals surface area contributed by atoms with Crippen LogP contribution in [0.25, 0.3) is 0 Å². The zero-order valence-corrected chi connectivity index (χ0v) is 18.0. The van der Waals surface area contributed by atoms with Gasteiger partial charge < -0.3 is 20.3 Å². The van der Waals surface area contributed by atoms with E-state index in [0.29, 0.717) is 12.2 Å². The number of hydrogen-bond donors (Lipinski definition) is 2. The highest BCUT2D eigenvalue weighted by Crippen LogP contribution is 2.20. The molecule has 166 valence electrons. The average Bonchev–Trinajstić information content (AvgIpc) is 2.79. The molecule has 10 nitrogen and oxygen atoms in total. The highest BCUT2D eigenvalue weighted by molar-refractivity contribution is 7.89. The molecule has 0 radical (unpaired) electrons. The maximum atomic E-state index is 12.9. The van der Waals surface area contributed by atoms with E-state index in [0.717, 1.165) is 5.56 Å². The van der Waals surface area contributed by atoms with Crippen molar-refractivity contribution in [3.63, 3.8) is 0 Å². The SMILES string of the molecule is CCOC(=O)N1CCN(S(=O)(=O)c2ccc(NC(=O)NCc3cccnc3)cc2)CC1. The normalized spacial score (nSPS) is 14.7. The van der Waals surface area contributed by atoms with Gasteiger partial charge in [-0.1, -0.05) is 6.07 Å². The molecular formula is C20H25N5O5S. The van der Waals surface area contributed by atoms with Crippen molar-refractivity contribution >= 4 is 27.8 Å².